The molecule has 1 aliphatic carbocycles. The number of hydrogen-bond donors (Lipinski definition) is 2. The predicted octanol–water partition coefficient (Wildman–Crippen LogP) is 2.46. The van der Waals surface area contributed by atoms with Crippen LogP contribution in [0.5, 0.6) is 0 Å². The van der Waals surface area contributed by atoms with Crippen LogP contribution in [0.3, 0.4) is 0 Å². The number of carbonyl (C=O) groups is 1. The molecule has 4 heteroatoms. The monoisotopic (exact) mass is 267 g/mol. The van der Waals surface area contributed by atoms with Gasteiger partial charge in [0, 0.05) is 5.02 Å². The molecule has 1 aromatic rings. The predicted molar refractivity (Wildman–Crippen MR) is 71.4 cm³/mol. The highest BCUT2D eigenvalue weighted by Crippen LogP contribution is 2.48. The fourth-order valence-corrected chi connectivity index (χ4v) is 2.37. The van der Waals surface area contributed by atoms with Crippen molar-refractivity contribution >= 4 is 17.5 Å². The lowest BCUT2D eigenvalue weighted by atomic mass is 10.0. The molecule has 1 atom stereocenters. The van der Waals surface area contributed by atoms with E-state index < -0.39 is 6.10 Å². The Kier molecular flexibility index (Phi) is 3.64. The zero-order valence-corrected chi connectivity index (χ0v) is 11.4. The normalized spacial score (nSPS) is 18.5. The Bertz CT molecular complexity index is 455. The van der Waals surface area contributed by atoms with Crippen LogP contribution < -0.4 is 5.32 Å². The fraction of sp³-hybridized carbons (Fsp3) is 0.500. The van der Waals surface area contributed by atoms with Crippen LogP contribution in [0.15, 0.2) is 24.3 Å². The summed E-state index contributed by atoms with van der Waals surface area (Å²) in [5.74, 6) is -0.408. The molecule has 0 aromatic heterocycles. The Hall–Kier alpha value is -1.06. The van der Waals surface area contributed by atoms with Gasteiger partial charge in [0.05, 0.1) is 5.54 Å². The molecular formula is C14H18ClNO2. The minimum atomic E-state index is -0.968. The lowest BCUT2D eigenvalue weighted by molar-refractivity contribution is -0.132. The van der Waals surface area contributed by atoms with Crippen LogP contribution in [0.25, 0.3) is 0 Å². The second kappa shape index (κ2) is 4.90. The highest BCUT2D eigenvalue weighted by Gasteiger charge is 2.47. The van der Waals surface area contributed by atoms with Crippen molar-refractivity contribution in [2.75, 3.05) is 0 Å². The van der Waals surface area contributed by atoms with Crippen LogP contribution >= 0.6 is 11.6 Å². The van der Waals surface area contributed by atoms with Gasteiger partial charge in [0.25, 0.3) is 0 Å². The Morgan fingerprint density at radius 2 is 2.00 bits per heavy atom. The van der Waals surface area contributed by atoms with Crippen molar-refractivity contribution < 1.29 is 9.90 Å². The second-order valence-corrected chi connectivity index (χ2v) is 5.65. The number of aliphatic hydroxyl groups excluding tert-OH is 1. The third-order valence-corrected chi connectivity index (χ3v) is 3.73. The molecule has 1 amide bonds. The summed E-state index contributed by atoms with van der Waals surface area (Å²) in [5, 5.41) is 13.4. The molecule has 1 aliphatic rings. The average Bonchev–Trinajstić information content (AvgIpc) is 3.09. The van der Waals surface area contributed by atoms with Gasteiger partial charge in [-0.3, -0.25) is 4.79 Å². The summed E-state index contributed by atoms with van der Waals surface area (Å²) < 4.78 is 0. The SMILES string of the molecule is CC(C)[C@H](O)C(=O)NC1(c2ccccc2Cl)CC1. The Balaban J connectivity index is 2.14. The van der Waals surface area contributed by atoms with E-state index >= 15 is 0 Å². The van der Waals surface area contributed by atoms with Gasteiger partial charge in [-0.25, -0.2) is 0 Å². The molecule has 2 rings (SSSR count). The van der Waals surface area contributed by atoms with Gasteiger partial charge in [-0.15, -0.1) is 0 Å². The molecule has 0 heterocycles. The standard InChI is InChI=1S/C14H18ClNO2/c1-9(2)12(17)13(18)16-14(7-8-14)10-5-3-4-6-11(10)15/h3-6,9,12,17H,7-8H2,1-2H3,(H,16,18)/t12-/m0/s1. The summed E-state index contributed by atoms with van der Waals surface area (Å²) in [6.45, 7) is 3.64. The van der Waals surface area contributed by atoms with E-state index in [0.717, 1.165) is 18.4 Å². The number of hydrogen-bond acceptors (Lipinski definition) is 2. The molecule has 1 fully saturated rings. The van der Waals surface area contributed by atoms with Crippen LogP contribution in [-0.2, 0) is 10.3 Å². The average molecular weight is 268 g/mol. The molecule has 0 unspecified atom stereocenters. The van der Waals surface area contributed by atoms with Crippen molar-refractivity contribution in [3.05, 3.63) is 34.9 Å². The molecule has 98 valence electrons. The third kappa shape index (κ3) is 2.52. The van der Waals surface area contributed by atoms with Crippen LogP contribution in [0, 0.1) is 5.92 Å². The number of nitrogens with one attached hydrogen (secondary N) is 1. The topological polar surface area (TPSA) is 49.3 Å². The van der Waals surface area contributed by atoms with Crippen LogP contribution in [0.2, 0.25) is 5.02 Å². The van der Waals surface area contributed by atoms with E-state index in [2.05, 4.69) is 5.32 Å². The van der Waals surface area contributed by atoms with Crippen molar-refractivity contribution in [1.29, 1.82) is 0 Å². The Morgan fingerprint density at radius 3 is 2.50 bits per heavy atom. The Morgan fingerprint density at radius 1 is 1.39 bits per heavy atom. The van der Waals surface area contributed by atoms with Crippen molar-refractivity contribution in [3.8, 4) is 0 Å². The van der Waals surface area contributed by atoms with Crippen LogP contribution in [0.4, 0.5) is 0 Å². The molecular weight excluding hydrogens is 250 g/mol. The minimum absolute atomic E-state index is 0.0907. The smallest absolute Gasteiger partial charge is 0.249 e. The molecule has 0 saturated heterocycles. The molecule has 0 aliphatic heterocycles. The summed E-state index contributed by atoms with van der Waals surface area (Å²) in [7, 11) is 0. The first kappa shape index (κ1) is 13.4. The van der Waals surface area contributed by atoms with Gasteiger partial charge in [-0.1, -0.05) is 43.6 Å². The quantitative estimate of drug-likeness (QED) is 0.880. The molecule has 0 spiro atoms. The zero-order chi connectivity index (χ0) is 13.3. The minimum Gasteiger partial charge on any atom is -0.383 e. The summed E-state index contributed by atoms with van der Waals surface area (Å²) in [4.78, 5) is 11.9. The van der Waals surface area contributed by atoms with Gasteiger partial charge in [0.2, 0.25) is 5.91 Å². The molecule has 0 radical (unpaired) electrons. The van der Waals surface area contributed by atoms with Gasteiger partial charge < -0.3 is 10.4 Å². The van der Waals surface area contributed by atoms with Crippen LogP contribution in [0.1, 0.15) is 32.3 Å². The van der Waals surface area contributed by atoms with E-state index in [0.29, 0.717) is 5.02 Å². The third-order valence-electron chi connectivity index (χ3n) is 3.40. The van der Waals surface area contributed by atoms with E-state index in [4.69, 9.17) is 11.6 Å². The van der Waals surface area contributed by atoms with E-state index in [9.17, 15) is 9.90 Å². The maximum absolute atomic E-state index is 11.9. The maximum Gasteiger partial charge on any atom is 0.249 e. The number of rotatable bonds is 4. The van der Waals surface area contributed by atoms with Gasteiger partial charge in [0.1, 0.15) is 6.10 Å². The number of amides is 1. The van der Waals surface area contributed by atoms with Gasteiger partial charge in [-0.2, -0.15) is 0 Å². The molecule has 3 nitrogen and oxygen atoms in total. The molecule has 2 N–H and O–H groups in total. The van der Waals surface area contributed by atoms with E-state index in [1.54, 1.807) is 0 Å². The summed E-state index contributed by atoms with van der Waals surface area (Å²) in [5.41, 5.74) is 0.571. The van der Waals surface area contributed by atoms with Gasteiger partial charge in [0.15, 0.2) is 0 Å². The molecule has 1 aromatic carbocycles. The lowest BCUT2D eigenvalue weighted by Crippen LogP contribution is -2.43. The van der Waals surface area contributed by atoms with Gasteiger partial charge in [-0.05, 0) is 30.4 Å². The van der Waals surface area contributed by atoms with Crippen molar-refractivity contribution in [2.24, 2.45) is 5.92 Å². The Labute approximate surface area is 112 Å². The highest BCUT2D eigenvalue weighted by molar-refractivity contribution is 6.31. The van der Waals surface area contributed by atoms with Crippen molar-refractivity contribution in [2.45, 2.75) is 38.3 Å². The van der Waals surface area contributed by atoms with Crippen LogP contribution in [-0.4, -0.2) is 17.1 Å². The number of carbonyl (C=O) groups excluding carboxylic acids is 1. The first-order chi connectivity index (χ1) is 8.46. The number of aliphatic hydroxyl groups is 1. The molecule has 1 saturated carbocycles. The number of halogens is 1. The van der Waals surface area contributed by atoms with Gasteiger partial charge >= 0.3 is 0 Å². The van der Waals surface area contributed by atoms with E-state index in [1.807, 2.05) is 38.1 Å². The summed E-state index contributed by atoms with van der Waals surface area (Å²) in [6.07, 6.45) is 0.769. The second-order valence-electron chi connectivity index (χ2n) is 5.24. The molecule has 18 heavy (non-hydrogen) atoms. The van der Waals surface area contributed by atoms with E-state index in [-0.39, 0.29) is 17.4 Å². The van der Waals surface area contributed by atoms with E-state index in [1.165, 1.54) is 0 Å². The molecule has 0 bridgehead atoms. The zero-order valence-electron chi connectivity index (χ0n) is 10.6. The lowest BCUT2D eigenvalue weighted by Gasteiger charge is -2.22. The fourth-order valence-electron chi connectivity index (χ4n) is 2.05. The van der Waals surface area contributed by atoms with Crippen molar-refractivity contribution in [1.82, 2.24) is 5.32 Å². The van der Waals surface area contributed by atoms with Crippen molar-refractivity contribution in [3.63, 3.8) is 0 Å². The summed E-state index contributed by atoms with van der Waals surface area (Å²) >= 11 is 6.16. The number of benzene rings is 1. The highest BCUT2D eigenvalue weighted by atomic mass is 35.5. The maximum atomic E-state index is 11.9. The first-order valence-electron chi connectivity index (χ1n) is 6.21. The summed E-state index contributed by atoms with van der Waals surface area (Å²) in [6, 6.07) is 7.53. The first-order valence-corrected chi connectivity index (χ1v) is 6.59. The largest absolute Gasteiger partial charge is 0.383 e.